The van der Waals surface area contributed by atoms with E-state index < -0.39 is 0 Å². The van der Waals surface area contributed by atoms with Crippen LogP contribution >= 0.6 is 0 Å². The molecule has 0 saturated carbocycles. The van der Waals surface area contributed by atoms with E-state index in [2.05, 4.69) is 36.4 Å². The molecule has 3 aromatic rings. The van der Waals surface area contributed by atoms with Gasteiger partial charge in [0.25, 0.3) is 5.56 Å². The molecule has 3 heteroatoms. The summed E-state index contributed by atoms with van der Waals surface area (Å²) in [6.45, 7) is 1.85. The number of fused-ring (bicyclic) bond motifs is 1. The second-order valence-corrected chi connectivity index (χ2v) is 7.45. The summed E-state index contributed by atoms with van der Waals surface area (Å²) in [6, 6.07) is 16.3. The van der Waals surface area contributed by atoms with Crippen LogP contribution in [0.4, 0.5) is 0 Å². The molecule has 0 fully saturated rings. The van der Waals surface area contributed by atoms with E-state index in [9.17, 15) is 9.59 Å². The Balaban J connectivity index is 1.90. The summed E-state index contributed by atoms with van der Waals surface area (Å²) in [6.07, 6.45) is 8.03. The lowest BCUT2D eigenvalue weighted by molar-refractivity contribution is -0.118. The third-order valence-electron chi connectivity index (χ3n) is 5.41. The molecule has 3 nitrogen and oxygen atoms in total. The first-order valence-electron chi connectivity index (χ1n) is 9.60. The number of rotatable bonds is 3. The van der Waals surface area contributed by atoms with E-state index in [-0.39, 0.29) is 5.56 Å². The average Bonchev–Trinajstić information content (AvgIpc) is 2.70. The summed E-state index contributed by atoms with van der Waals surface area (Å²) in [4.78, 5) is 24.1. The van der Waals surface area contributed by atoms with Crippen LogP contribution in [0.25, 0.3) is 23.3 Å². The van der Waals surface area contributed by atoms with Gasteiger partial charge in [0, 0.05) is 31.6 Å². The molecular weight excluding hydrogens is 346 g/mol. The van der Waals surface area contributed by atoms with Gasteiger partial charge in [-0.15, -0.1) is 0 Å². The van der Waals surface area contributed by atoms with Crippen LogP contribution in [0.1, 0.15) is 34.2 Å². The summed E-state index contributed by atoms with van der Waals surface area (Å²) in [5.41, 5.74) is 7.51. The van der Waals surface area contributed by atoms with E-state index in [1.165, 1.54) is 5.56 Å². The van der Waals surface area contributed by atoms with Crippen LogP contribution in [0, 0.1) is 6.92 Å². The molecule has 1 heterocycles. The molecule has 0 saturated heterocycles. The quantitative estimate of drug-likeness (QED) is 0.634. The monoisotopic (exact) mass is 369 g/mol. The fourth-order valence-corrected chi connectivity index (χ4v) is 3.95. The van der Waals surface area contributed by atoms with Gasteiger partial charge in [0.15, 0.2) is 0 Å². The number of carbonyl (C=O) groups excluding carboxylic acids is 1. The fourth-order valence-electron chi connectivity index (χ4n) is 3.95. The molecular formula is C25H23NO2. The summed E-state index contributed by atoms with van der Waals surface area (Å²) in [7, 11) is 1.79. The molecule has 0 amide bonds. The number of pyridine rings is 1. The average molecular weight is 369 g/mol. The van der Waals surface area contributed by atoms with Crippen LogP contribution in [0.3, 0.4) is 0 Å². The lowest BCUT2D eigenvalue weighted by Crippen LogP contribution is -2.19. The van der Waals surface area contributed by atoms with Crippen molar-refractivity contribution in [2.45, 2.75) is 26.2 Å². The molecule has 1 aliphatic rings. The van der Waals surface area contributed by atoms with Crippen molar-refractivity contribution in [1.29, 1.82) is 0 Å². The van der Waals surface area contributed by atoms with Gasteiger partial charge in [-0.3, -0.25) is 9.59 Å². The lowest BCUT2D eigenvalue weighted by atomic mass is 9.83. The second kappa shape index (κ2) is 7.43. The van der Waals surface area contributed by atoms with Gasteiger partial charge in [-0.1, -0.05) is 54.6 Å². The molecule has 140 valence electrons. The van der Waals surface area contributed by atoms with Crippen LogP contribution in [-0.4, -0.2) is 10.4 Å². The van der Waals surface area contributed by atoms with Gasteiger partial charge in [0.2, 0.25) is 0 Å². The van der Waals surface area contributed by atoms with Crippen LogP contribution in [-0.2, 0) is 24.7 Å². The van der Waals surface area contributed by atoms with Crippen molar-refractivity contribution in [2.24, 2.45) is 7.05 Å². The van der Waals surface area contributed by atoms with Gasteiger partial charge in [0.05, 0.1) is 0 Å². The van der Waals surface area contributed by atoms with E-state index in [1.54, 1.807) is 11.6 Å². The molecule has 0 spiro atoms. The van der Waals surface area contributed by atoms with E-state index in [0.29, 0.717) is 18.6 Å². The minimum Gasteiger partial charge on any atom is -0.318 e. The Hall–Kier alpha value is -3.20. The molecule has 28 heavy (non-hydrogen) atoms. The largest absolute Gasteiger partial charge is 0.318 e. The minimum atomic E-state index is 0.0219. The third-order valence-corrected chi connectivity index (χ3v) is 5.41. The van der Waals surface area contributed by atoms with Gasteiger partial charge in [0.1, 0.15) is 5.78 Å². The summed E-state index contributed by atoms with van der Waals surface area (Å²) >= 11 is 0. The fraction of sp³-hybridized carbons (Fsp3) is 0.200. The number of hydrogen-bond acceptors (Lipinski definition) is 2. The number of ketones is 1. The predicted molar refractivity (Wildman–Crippen MR) is 114 cm³/mol. The maximum atomic E-state index is 12.1. The van der Waals surface area contributed by atoms with Crippen molar-refractivity contribution < 1.29 is 4.79 Å². The topological polar surface area (TPSA) is 39.1 Å². The number of aromatic nitrogens is 1. The van der Waals surface area contributed by atoms with Gasteiger partial charge < -0.3 is 4.57 Å². The van der Waals surface area contributed by atoms with Crippen molar-refractivity contribution in [3.63, 3.8) is 0 Å². The van der Waals surface area contributed by atoms with Gasteiger partial charge in [-0.05, 0) is 52.8 Å². The summed E-state index contributed by atoms with van der Waals surface area (Å²) in [5.74, 6) is 0.302. The third kappa shape index (κ3) is 3.48. The number of carbonyl (C=O) groups is 1. The van der Waals surface area contributed by atoms with Crippen LogP contribution in [0.15, 0.2) is 59.5 Å². The molecule has 0 atom stereocenters. The highest BCUT2D eigenvalue weighted by molar-refractivity contribution is 5.88. The molecule has 0 radical (unpaired) electrons. The minimum absolute atomic E-state index is 0.0219. The molecule has 4 rings (SSSR count). The number of benzene rings is 2. The number of hydrogen-bond donors (Lipinski definition) is 0. The van der Waals surface area contributed by atoms with Gasteiger partial charge in [-0.2, -0.15) is 0 Å². The highest BCUT2D eigenvalue weighted by atomic mass is 16.1. The molecule has 0 N–H and O–H groups in total. The Bertz CT molecular complexity index is 1110. The van der Waals surface area contributed by atoms with Crippen molar-refractivity contribution >= 4 is 17.9 Å². The molecule has 0 aliphatic heterocycles. The smallest absolute Gasteiger partial charge is 0.253 e. The Morgan fingerprint density at radius 2 is 1.75 bits per heavy atom. The molecule has 0 bridgehead atoms. The zero-order valence-electron chi connectivity index (χ0n) is 16.2. The highest BCUT2D eigenvalue weighted by Crippen LogP contribution is 2.33. The zero-order valence-corrected chi connectivity index (χ0v) is 16.2. The summed E-state index contributed by atoms with van der Waals surface area (Å²) < 4.78 is 1.64. The standard InChI is InChI=1S/C25H23NO2/c1-17-14-20(16-26(2)25(17)28)23-12-9-19-15-21(27)10-13-22(19)24(23)11-8-18-6-4-3-5-7-18/h3-9,11-12,14,16H,10,13,15H2,1-2H3/b11-8+. The molecule has 2 aromatic carbocycles. The Morgan fingerprint density at radius 1 is 0.964 bits per heavy atom. The van der Waals surface area contributed by atoms with Crippen LogP contribution < -0.4 is 5.56 Å². The first-order valence-corrected chi connectivity index (χ1v) is 9.60. The van der Waals surface area contributed by atoms with Crippen molar-refractivity contribution in [3.05, 3.63) is 92.9 Å². The maximum Gasteiger partial charge on any atom is 0.253 e. The first kappa shape index (κ1) is 18.2. The van der Waals surface area contributed by atoms with E-state index in [4.69, 9.17) is 0 Å². The highest BCUT2D eigenvalue weighted by Gasteiger charge is 2.20. The number of Topliss-reactive ketones (excluding diaryl/α,β-unsaturated/α-hetero) is 1. The normalized spacial score (nSPS) is 13.7. The second-order valence-electron chi connectivity index (χ2n) is 7.45. The Morgan fingerprint density at radius 3 is 2.50 bits per heavy atom. The lowest BCUT2D eigenvalue weighted by Gasteiger charge is -2.21. The van der Waals surface area contributed by atoms with Crippen LogP contribution in [0.2, 0.25) is 0 Å². The zero-order chi connectivity index (χ0) is 19.7. The van der Waals surface area contributed by atoms with Gasteiger partial charge >= 0.3 is 0 Å². The number of aryl methyl sites for hydroxylation is 2. The van der Waals surface area contributed by atoms with E-state index in [0.717, 1.165) is 39.8 Å². The Kier molecular flexibility index (Phi) is 4.82. The predicted octanol–water partition coefficient (Wildman–Crippen LogP) is 4.59. The first-order chi connectivity index (χ1) is 13.5. The molecule has 1 aromatic heterocycles. The van der Waals surface area contributed by atoms with Crippen LogP contribution in [0.5, 0.6) is 0 Å². The van der Waals surface area contributed by atoms with Crippen molar-refractivity contribution in [1.82, 2.24) is 4.57 Å². The van der Waals surface area contributed by atoms with Crippen molar-refractivity contribution in [3.8, 4) is 11.1 Å². The van der Waals surface area contributed by atoms with E-state index in [1.807, 2.05) is 37.4 Å². The summed E-state index contributed by atoms with van der Waals surface area (Å²) in [5, 5.41) is 0. The SMILES string of the molecule is Cc1cc(-c2ccc3c(c2/C=C/c2ccccc2)CCC(=O)C3)cn(C)c1=O. The van der Waals surface area contributed by atoms with E-state index >= 15 is 0 Å². The molecule has 1 aliphatic carbocycles. The Labute approximate surface area is 165 Å². The van der Waals surface area contributed by atoms with Gasteiger partial charge in [-0.25, -0.2) is 0 Å². The van der Waals surface area contributed by atoms with Crippen molar-refractivity contribution in [2.75, 3.05) is 0 Å². The molecule has 0 unspecified atom stereocenters. The maximum absolute atomic E-state index is 12.1. The number of nitrogens with zero attached hydrogens (tertiary/aromatic N) is 1.